The molecule has 72 valence electrons. The second kappa shape index (κ2) is 3.32. The van der Waals surface area contributed by atoms with Gasteiger partial charge in [0.25, 0.3) is 0 Å². The highest BCUT2D eigenvalue weighted by atomic mass is 19.4. The van der Waals surface area contributed by atoms with Crippen LogP contribution < -0.4 is 0 Å². The third kappa shape index (κ3) is 1.89. The molecule has 0 aliphatic carbocycles. The Kier molecular flexibility index (Phi) is 3.11. The van der Waals surface area contributed by atoms with Crippen LogP contribution >= 0.6 is 0 Å². The van der Waals surface area contributed by atoms with Crippen LogP contribution in [0, 0.1) is 0 Å². The predicted octanol–water partition coefficient (Wildman–Crippen LogP) is 3.01. The molecule has 0 saturated carbocycles. The Balaban J connectivity index is 4.84. The first-order valence-corrected chi connectivity index (χ1v) is 2.57. The number of hydrogen-bond donors (Lipinski definition) is 0. The maximum absolute atomic E-state index is 11.9. The number of hydrogen-bond acceptors (Lipinski definition) is 0. The van der Waals surface area contributed by atoms with E-state index in [0.717, 1.165) is 0 Å². The molecule has 0 nitrogen and oxygen atoms in total. The molecule has 0 aromatic carbocycles. The lowest BCUT2D eigenvalue weighted by Crippen LogP contribution is -2.38. The van der Waals surface area contributed by atoms with Crippen molar-refractivity contribution in [2.75, 3.05) is 6.67 Å². The Bertz CT molecular complexity index is 177. The summed E-state index contributed by atoms with van der Waals surface area (Å²) in [6, 6.07) is 0. The van der Waals surface area contributed by atoms with Gasteiger partial charge < -0.3 is 0 Å². The van der Waals surface area contributed by atoms with Crippen LogP contribution in [-0.2, 0) is 0 Å². The van der Waals surface area contributed by atoms with Crippen molar-refractivity contribution in [2.24, 2.45) is 0 Å². The minimum atomic E-state index is -5.96. The highest BCUT2D eigenvalue weighted by molar-refractivity contribution is 5.13. The first-order valence-electron chi connectivity index (χ1n) is 2.57. The lowest BCUT2D eigenvalue weighted by Gasteiger charge is -2.19. The average Bonchev–Trinajstić information content (AvgIpc) is 1.87. The summed E-state index contributed by atoms with van der Waals surface area (Å²) in [5, 5.41) is 0. The van der Waals surface area contributed by atoms with Crippen molar-refractivity contribution in [3.05, 3.63) is 11.9 Å². The summed E-state index contributed by atoms with van der Waals surface area (Å²) < 4.78 is 80.5. The number of halogens is 7. The minimum absolute atomic E-state index is 1.08. The summed E-state index contributed by atoms with van der Waals surface area (Å²) in [4.78, 5) is 0. The quantitative estimate of drug-likeness (QED) is 0.595. The smallest absolute Gasteiger partial charge is 0.246 e. The van der Waals surface area contributed by atoms with E-state index in [1.54, 1.807) is 0 Å². The topological polar surface area (TPSA) is 0 Å². The molecule has 0 spiro atoms. The maximum atomic E-state index is 11.9. The zero-order valence-corrected chi connectivity index (χ0v) is 5.43. The van der Waals surface area contributed by atoms with Crippen molar-refractivity contribution in [1.29, 1.82) is 0 Å². The van der Waals surface area contributed by atoms with Gasteiger partial charge in [-0.3, -0.25) is 0 Å². The lowest BCUT2D eigenvalue weighted by molar-refractivity contribution is -0.265. The molecule has 0 saturated heterocycles. The molecule has 0 aromatic rings. The van der Waals surface area contributed by atoms with Gasteiger partial charge in [-0.15, -0.1) is 0 Å². The first-order chi connectivity index (χ1) is 5.27. The Hall–Kier alpha value is -0.750. The lowest BCUT2D eigenvalue weighted by atomic mass is 10.1. The summed E-state index contributed by atoms with van der Waals surface area (Å²) in [5.74, 6) is -5.43. The molecule has 0 bridgehead atoms. The summed E-state index contributed by atoms with van der Waals surface area (Å²) in [7, 11) is 0. The van der Waals surface area contributed by atoms with Gasteiger partial charge in [0.05, 0.1) is 11.9 Å². The fourth-order valence-corrected chi connectivity index (χ4v) is 0.364. The van der Waals surface area contributed by atoms with E-state index in [1.807, 2.05) is 0 Å². The van der Waals surface area contributed by atoms with E-state index < -0.39 is 30.7 Å². The molecule has 0 unspecified atom stereocenters. The highest BCUT2D eigenvalue weighted by Gasteiger charge is 2.60. The molecular weight excluding hydrogens is 193 g/mol. The normalized spacial score (nSPS) is 15.1. The van der Waals surface area contributed by atoms with E-state index in [1.165, 1.54) is 0 Å². The molecule has 0 aromatic heterocycles. The van der Waals surface area contributed by atoms with Crippen molar-refractivity contribution in [1.82, 2.24) is 0 Å². The Morgan fingerprint density at radius 2 is 1.50 bits per heavy atom. The van der Waals surface area contributed by atoms with E-state index >= 15 is 0 Å². The van der Waals surface area contributed by atoms with Crippen LogP contribution in [0.5, 0.6) is 0 Å². The number of allylic oxidation sites excluding steroid dienone is 1. The fraction of sp³-hybridized carbons (Fsp3) is 0.600. The molecule has 0 aliphatic rings. The third-order valence-corrected chi connectivity index (χ3v) is 1.03. The fourth-order valence-electron chi connectivity index (χ4n) is 0.364. The molecule has 0 fully saturated rings. The molecule has 12 heavy (non-hydrogen) atoms. The van der Waals surface area contributed by atoms with Crippen LogP contribution in [0.4, 0.5) is 30.7 Å². The van der Waals surface area contributed by atoms with Crippen LogP contribution in [0.15, 0.2) is 11.9 Å². The van der Waals surface area contributed by atoms with E-state index in [2.05, 4.69) is 0 Å². The van der Waals surface area contributed by atoms with Gasteiger partial charge in [0.2, 0.25) is 0 Å². The van der Waals surface area contributed by atoms with E-state index in [-0.39, 0.29) is 0 Å². The van der Waals surface area contributed by atoms with Crippen LogP contribution in [0.1, 0.15) is 0 Å². The average molecular weight is 196 g/mol. The Labute approximate surface area is 62.7 Å². The molecule has 0 N–H and O–H groups in total. The van der Waals surface area contributed by atoms with E-state index in [9.17, 15) is 30.7 Å². The van der Waals surface area contributed by atoms with E-state index in [4.69, 9.17) is 0 Å². The maximum Gasteiger partial charge on any atom is 0.457 e. The van der Waals surface area contributed by atoms with Crippen molar-refractivity contribution >= 4 is 0 Å². The van der Waals surface area contributed by atoms with Crippen molar-refractivity contribution < 1.29 is 30.7 Å². The summed E-state index contributed by atoms with van der Waals surface area (Å²) in [5.41, 5.74) is -2.23. The van der Waals surface area contributed by atoms with Gasteiger partial charge in [-0.05, 0) is 0 Å². The second-order valence-electron chi connectivity index (χ2n) is 1.84. The molecule has 0 radical (unpaired) electrons. The SMILES string of the molecule is FC=C(CF)C(F)(F)C(F)(F)F. The van der Waals surface area contributed by atoms with Crippen LogP contribution in [0.3, 0.4) is 0 Å². The highest BCUT2D eigenvalue weighted by Crippen LogP contribution is 2.41. The molecular formula is C5H3F7. The monoisotopic (exact) mass is 196 g/mol. The van der Waals surface area contributed by atoms with Gasteiger partial charge in [-0.2, -0.15) is 22.0 Å². The van der Waals surface area contributed by atoms with Gasteiger partial charge in [0.15, 0.2) is 0 Å². The van der Waals surface area contributed by atoms with Crippen LogP contribution in [0.25, 0.3) is 0 Å². The third-order valence-electron chi connectivity index (χ3n) is 1.03. The van der Waals surface area contributed by atoms with Gasteiger partial charge in [0.1, 0.15) is 6.67 Å². The second-order valence-corrected chi connectivity index (χ2v) is 1.84. The number of alkyl halides is 6. The molecule has 0 amide bonds. The molecule has 0 rings (SSSR count). The van der Waals surface area contributed by atoms with Crippen LogP contribution in [0.2, 0.25) is 0 Å². The van der Waals surface area contributed by atoms with Gasteiger partial charge in [0, 0.05) is 0 Å². The standard InChI is InChI=1S/C5H3F7/c6-1-3(2-7)4(8,9)5(10,11)12/h1H,2H2. The van der Waals surface area contributed by atoms with Crippen molar-refractivity contribution in [3.8, 4) is 0 Å². The van der Waals surface area contributed by atoms with Crippen molar-refractivity contribution in [3.63, 3.8) is 0 Å². The Morgan fingerprint density at radius 1 is 1.08 bits per heavy atom. The summed E-state index contributed by atoms with van der Waals surface area (Å²) >= 11 is 0. The van der Waals surface area contributed by atoms with Gasteiger partial charge in [-0.1, -0.05) is 0 Å². The van der Waals surface area contributed by atoms with Crippen molar-refractivity contribution in [2.45, 2.75) is 12.1 Å². The Morgan fingerprint density at radius 3 is 1.58 bits per heavy atom. The minimum Gasteiger partial charge on any atom is -0.246 e. The number of rotatable bonds is 2. The molecule has 0 aliphatic heterocycles. The van der Waals surface area contributed by atoms with Gasteiger partial charge in [-0.25, -0.2) is 8.78 Å². The zero-order valence-electron chi connectivity index (χ0n) is 5.43. The predicted molar refractivity (Wildman–Crippen MR) is 26.2 cm³/mol. The van der Waals surface area contributed by atoms with E-state index in [0.29, 0.717) is 0 Å². The zero-order chi connectivity index (χ0) is 9.99. The summed E-state index contributed by atoms with van der Waals surface area (Å²) in [6.07, 6.45) is -7.04. The molecule has 0 heterocycles. The van der Waals surface area contributed by atoms with Crippen LogP contribution in [-0.4, -0.2) is 18.8 Å². The molecule has 0 atom stereocenters. The van der Waals surface area contributed by atoms with Gasteiger partial charge >= 0.3 is 12.1 Å². The summed E-state index contributed by atoms with van der Waals surface area (Å²) in [6.45, 7) is -2.18. The molecule has 7 heteroatoms. The first kappa shape index (κ1) is 11.2. The largest absolute Gasteiger partial charge is 0.457 e.